The lowest BCUT2D eigenvalue weighted by atomic mass is 9.91. The summed E-state index contributed by atoms with van der Waals surface area (Å²) in [6, 6.07) is 11.8. The molecule has 2 aromatic carbocycles. The van der Waals surface area contributed by atoms with E-state index in [-0.39, 0.29) is 23.0 Å². The molecule has 1 heterocycles. The maximum atomic E-state index is 13.0. The summed E-state index contributed by atoms with van der Waals surface area (Å²) in [6.07, 6.45) is 7.89. The Morgan fingerprint density at radius 3 is 2.50 bits per heavy atom. The number of nitro benzene ring substituents is 1. The quantitative estimate of drug-likeness (QED) is 0.282. The van der Waals surface area contributed by atoms with E-state index in [1.165, 1.54) is 30.3 Å². The summed E-state index contributed by atoms with van der Waals surface area (Å²) in [4.78, 5) is 25.1. The van der Waals surface area contributed by atoms with E-state index >= 15 is 0 Å². The minimum absolute atomic E-state index is 0.00954. The summed E-state index contributed by atoms with van der Waals surface area (Å²) in [5.74, 6) is 2.51. The molecule has 0 N–H and O–H groups in total. The molecule has 3 rings (SSSR count). The van der Waals surface area contributed by atoms with Gasteiger partial charge >= 0.3 is 5.69 Å². The van der Waals surface area contributed by atoms with Gasteiger partial charge in [-0.3, -0.25) is 14.9 Å². The third-order valence-electron chi connectivity index (χ3n) is 5.34. The molecule has 156 valence electrons. The number of piperidine rings is 1. The Kier molecular flexibility index (Phi) is 6.80. The third-order valence-corrected chi connectivity index (χ3v) is 5.34. The molecule has 0 radical (unpaired) electrons. The summed E-state index contributed by atoms with van der Waals surface area (Å²) in [7, 11) is 0. The predicted octanol–water partition coefficient (Wildman–Crippen LogP) is 4.24. The van der Waals surface area contributed by atoms with Crippen molar-refractivity contribution in [1.82, 2.24) is 4.90 Å². The number of hydrogen-bond acceptors (Lipinski definition) is 5. The van der Waals surface area contributed by atoms with Crippen LogP contribution in [0.3, 0.4) is 0 Å². The second-order valence-corrected chi connectivity index (χ2v) is 7.34. The Hall–Kier alpha value is -3.24. The highest BCUT2D eigenvalue weighted by molar-refractivity contribution is 5.95. The van der Waals surface area contributed by atoms with Crippen molar-refractivity contribution >= 4 is 11.5 Å². The second-order valence-electron chi connectivity index (χ2n) is 7.34. The molecule has 0 aliphatic carbocycles. The molecule has 1 aliphatic rings. The number of para-hydroxylation sites is 2. The molecule has 0 atom stereocenters. The van der Waals surface area contributed by atoms with Crippen molar-refractivity contribution in [2.75, 3.05) is 19.6 Å². The number of ketones is 1. The van der Waals surface area contributed by atoms with E-state index in [0.717, 1.165) is 6.54 Å². The maximum Gasteiger partial charge on any atom is 0.310 e. The van der Waals surface area contributed by atoms with Gasteiger partial charge in [0.25, 0.3) is 0 Å². The molecule has 2 aromatic rings. The van der Waals surface area contributed by atoms with Crippen molar-refractivity contribution in [2.45, 2.75) is 31.3 Å². The molecule has 0 saturated carbocycles. The van der Waals surface area contributed by atoms with Crippen LogP contribution in [0.4, 0.5) is 10.1 Å². The molecule has 0 unspecified atom stereocenters. The Labute approximate surface area is 174 Å². The van der Waals surface area contributed by atoms with Crippen LogP contribution in [0.1, 0.15) is 36.0 Å². The summed E-state index contributed by atoms with van der Waals surface area (Å²) >= 11 is 0. The number of ether oxygens (including phenoxy) is 1. The van der Waals surface area contributed by atoms with Crippen LogP contribution in [0.25, 0.3) is 0 Å². The van der Waals surface area contributed by atoms with Gasteiger partial charge in [0.2, 0.25) is 0 Å². The lowest BCUT2D eigenvalue weighted by molar-refractivity contribution is -0.386. The number of carbonyl (C=O) groups is 1. The van der Waals surface area contributed by atoms with Crippen LogP contribution >= 0.6 is 0 Å². The smallest absolute Gasteiger partial charge is 0.310 e. The summed E-state index contributed by atoms with van der Waals surface area (Å²) in [6.45, 7) is 2.09. The topological polar surface area (TPSA) is 72.7 Å². The molecule has 1 fully saturated rings. The number of nitro groups is 1. The van der Waals surface area contributed by atoms with E-state index in [1.54, 1.807) is 18.2 Å². The van der Waals surface area contributed by atoms with Crippen molar-refractivity contribution in [3.8, 4) is 18.1 Å². The van der Waals surface area contributed by atoms with Crippen LogP contribution in [0, 0.1) is 28.3 Å². The van der Waals surface area contributed by atoms with Gasteiger partial charge in [-0.2, -0.15) is 0 Å². The van der Waals surface area contributed by atoms with Gasteiger partial charge in [-0.1, -0.05) is 18.1 Å². The minimum atomic E-state index is -0.882. The monoisotopic (exact) mass is 410 g/mol. The Morgan fingerprint density at radius 1 is 1.20 bits per heavy atom. The van der Waals surface area contributed by atoms with Gasteiger partial charge in [-0.05, 0) is 43.3 Å². The van der Waals surface area contributed by atoms with E-state index in [2.05, 4.69) is 10.8 Å². The molecule has 0 aromatic heterocycles. The van der Waals surface area contributed by atoms with Crippen molar-refractivity contribution in [3.63, 3.8) is 0 Å². The first kappa shape index (κ1) is 21.5. The summed E-state index contributed by atoms with van der Waals surface area (Å²) in [5, 5.41) is 11.2. The highest BCUT2D eigenvalue weighted by Crippen LogP contribution is 2.34. The van der Waals surface area contributed by atoms with Gasteiger partial charge in [0.15, 0.2) is 17.1 Å². The van der Waals surface area contributed by atoms with Crippen molar-refractivity contribution < 1.29 is 18.8 Å². The standard InChI is InChI=1S/C23H23FN2O4/c1-2-23(30-22-8-4-3-6-20(22)26(28)29)13-16-25(17-14-23)15-5-7-21(27)18-9-11-19(24)12-10-18/h1,3-4,6,8-12H,5,7,13-17H2. The number of benzene rings is 2. The van der Waals surface area contributed by atoms with E-state index in [4.69, 9.17) is 11.2 Å². The first-order valence-corrected chi connectivity index (χ1v) is 9.84. The second kappa shape index (κ2) is 9.51. The number of carbonyl (C=O) groups excluding carboxylic acids is 1. The first-order valence-electron chi connectivity index (χ1n) is 9.84. The van der Waals surface area contributed by atoms with Gasteiger partial charge in [0, 0.05) is 44.0 Å². The highest BCUT2D eigenvalue weighted by atomic mass is 19.1. The fourth-order valence-corrected chi connectivity index (χ4v) is 3.56. The molecule has 0 spiro atoms. The molecule has 7 heteroatoms. The SMILES string of the molecule is C#CC1(Oc2ccccc2[N+](=O)[O-])CCN(CCCC(=O)c2ccc(F)cc2)CC1. The molecule has 6 nitrogen and oxygen atoms in total. The van der Waals surface area contributed by atoms with Gasteiger partial charge < -0.3 is 9.64 Å². The lowest BCUT2D eigenvalue weighted by Crippen LogP contribution is -2.47. The summed E-state index contributed by atoms with van der Waals surface area (Å²) < 4.78 is 18.9. The third kappa shape index (κ3) is 5.22. The van der Waals surface area contributed by atoms with Crippen LogP contribution in [-0.2, 0) is 0 Å². The number of terminal acetylenes is 1. The predicted molar refractivity (Wildman–Crippen MR) is 111 cm³/mol. The van der Waals surface area contributed by atoms with Crippen LogP contribution < -0.4 is 4.74 Å². The Morgan fingerprint density at radius 2 is 1.87 bits per heavy atom. The highest BCUT2D eigenvalue weighted by Gasteiger charge is 2.36. The number of hydrogen-bond donors (Lipinski definition) is 0. The van der Waals surface area contributed by atoms with Crippen LogP contribution in [0.5, 0.6) is 5.75 Å². The lowest BCUT2D eigenvalue weighted by Gasteiger charge is -2.38. The average molecular weight is 410 g/mol. The van der Waals surface area contributed by atoms with Crippen molar-refractivity contribution in [2.24, 2.45) is 0 Å². The summed E-state index contributed by atoms with van der Waals surface area (Å²) in [5.41, 5.74) is -0.472. The van der Waals surface area contributed by atoms with Gasteiger partial charge in [-0.25, -0.2) is 4.39 Å². The van der Waals surface area contributed by atoms with Crippen molar-refractivity contribution in [3.05, 3.63) is 70.0 Å². The molecule has 1 aliphatic heterocycles. The van der Waals surface area contributed by atoms with Crippen molar-refractivity contribution in [1.29, 1.82) is 0 Å². The van der Waals surface area contributed by atoms with E-state index in [0.29, 0.717) is 44.3 Å². The zero-order chi connectivity index (χ0) is 21.6. The number of nitrogens with zero attached hydrogens (tertiary/aromatic N) is 2. The zero-order valence-corrected chi connectivity index (χ0v) is 16.6. The van der Waals surface area contributed by atoms with E-state index in [9.17, 15) is 19.3 Å². The van der Waals surface area contributed by atoms with Gasteiger partial charge in [0.05, 0.1) is 4.92 Å². The van der Waals surface area contributed by atoms with Gasteiger partial charge in [-0.15, -0.1) is 6.42 Å². The average Bonchev–Trinajstić information content (AvgIpc) is 2.75. The molecule has 30 heavy (non-hydrogen) atoms. The number of halogens is 1. The van der Waals surface area contributed by atoms with E-state index < -0.39 is 10.5 Å². The maximum absolute atomic E-state index is 13.0. The zero-order valence-electron chi connectivity index (χ0n) is 16.6. The molecule has 0 bridgehead atoms. The molecular weight excluding hydrogens is 387 g/mol. The number of Topliss-reactive ketones (excluding diaryl/α,β-unsaturated/α-hetero) is 1. The molecule has 0 amide bonds. The van der Waals surface area contributed by atoms with Crippen LogP contribution in [0.2, 0.25) is 0 Å². The molecule has 1 saturated heterocycles. The Balaban J connectivity index is 1.51. The number of likely N-dealkylation sites (tertiary alicyclic amines) is 1. The fourth-order valence-electron chi connectivity index (χ4n) is 3.56. The van der Waals surface area contributed by atoms with E-state index in [1.807, 2.05) is 0 Å². The number of rotatable bonds is 8. The largest absolute Gasteiger partial charge is 0.467 e. The Bertz CT molecular complexity index is 944. The first-order chi connectivity index (χ1) is 14.4. The molecular formula is C23H23FN2O4. The fraction of sp³-hybridized carbons (Fsp3) is 0.348. The van der Waals surface area contributed by atoms with Gasteiger partial charge in [0.1, 0.15) is 5.82 Å². The van der Waals surface area contributed by atoms with Crippen LogP contribution in [0.15, 0.2) is 48.5 Å². The van der Waals surface area contributed by atoms with Crippen LogP contribution in [-0.4, -0.2) is 40.8 Å². The minimum Gasteiger partial charge on any atom is -0.467 e. The normalized spacial score (nSPS) is 15.9.